The molecule has 1 aromatic rings. The molecule has 0 spiro atoms. The van der Waals surface area contributed by atoms with Crippen molar-refractivity contribution in [3.63, 3.8) is 0 Å². The zero-order valence-electron chi connectivity index (χ0n) is 6.20. The van der Waals surface area contributed by atoms with E-state index in [0.29, 0.717) is 5.56 Å². The van der Waals surface area contributed by atoms with Gasteiger partial charge in [-0.25, -0.2) is 8.78 Å². The second kappa shape index (κ2) is 3.19. The van der Waals surface area contributed by atoms with Crippen LogP contribution in [0.3, 0.4) is 0 Å². The Morgan fingerprint density at radius 3 is 2.42 bits per heavy atom. The van der Waals surface area contributed by atoms with E-state index in [0.717, 1.165) is 6.07 Å². The third kappa shape index (κ3) is 1.46. The van der Waals surface area contributed by atoms with Gasteiger partial charge in [-0.3, -0.25) is 4.79 Å². The van der Waals surface area contributed by atoms with E-state index in [1.54, 1.807) is 0 Å². The van der Waals surface area contributed by atoms with E-state index in [2.05, 4.69) is 0 Å². The molecular weight excluding hydrogens is 186 g/mol. The van der Waals surface area contributed by atoms with Crippen molar-refractivity contribution >= 4 is 16.8 Å². The van der Waals surface area contributed by atoms with Crippen molar-refractivity contribution in [2.45, 2.75) is 6.92 Å². The Bertz CT molecular complexity index is 336. The quantitative estimate of drug-likeness (QED) is 0.623. The molecule has 0 radical (unpaired) electrons. The normalized spacial score (nSPS) is 10.0. The van der Waals surface area contributed by atoms with Crippen LogP contribution in [0.25, 0.3) is 0 Å². The first-order valence-corrected chi connectivity index (χ1v) is 3.56. The van der Waals surface area contributed by atoms with Crippen molar-refractivity contribution in [1.82, 2.24) is 0 Å². The largest absolute Gasteiger partial charge is 0.275 e. The van der Waals surface area contributed by atoms with Gasteiger partial charge in [0.05, 0.1) is 5.56 Å². The Labute approximate surface area is 73.0 Å². The van der Waals surface area contributed by atoms with E-state index < -0.39 is 22.4 Å². The van der Waals surface area contributed by atoms with Crippen molar-refractivity contribution < 1.29 is 13.6 Å². The molecule has 4 heteroatoms. The van der Waals surface area contributed by atoms with Gasteiger partial charge in [-0.05, 0) is 30.2 Å². The number of carbonyl (C=O) groups is 1. The molecule has 0 saturated carbocycles. The first kappa shape index (κ1) is 9.13. The zero-order chi connectivity index (χ0) is 9.30. The number of hydrogen-bond acceptors (Lipinski definition) is 1. The number of aryl methyl sites for hydroxylation is 1. The number of rotatable bonds is 1. The van der Waals surface area contributed by atoms with Crippen molar-refractivity contribution in [1.29, 1.82) is 0 Å². The van der Waals surface area contributed by atoms with Crippen LogP contribution in [-0.2, 0) is 0 Å². The van der Waals surface area contributed by atoms with Crippen molar-refractivity contribution in [3.8, 4) is 0 Å². The summed E-state index contributed by atoms with van der Waals surface area (Å²) in [6, 6.07) is 2.25. The highest BCUT2D eigenvalue weighted by molar-refractivity contribution is 6.67. The summed E-state index contributed by atoms with van der Waals surface area (Å²) in [7, 11) is 0. The fraction of sp³-hybridized carbons (Fsp3) is 0.125. The lowest BCUT2D eigenvalue weighted by Gasteiger charge is -2.01. The van der Waals surface area contributed by atoms with E-state index in [9.17, 15) is 13.6 Å². The monoisotopic (exact) mass is 190 g/mol. The summed E-state index contributed by atoms with van der Waals surface area (Å²) in [4.78, 5) is 10.6. The molecule has 0 atom stereocenters. The summed E-state index contributed by atoms with van der Waals surface area (Å²) in [5.41, 5.74) is -0.0643. The highest BCUT2D eigenvalue weighted by Gasteiger charge is 2.15. The molecular formula is C8H5ClF2O. The van der Waals surface area contributed by atoms with Crippen molar-refractivity contribution in [3.05, 3.63) is 34.9 Å². The van der Waals surface area contributed by atoms with Gasteiger partial charge < -0.3 is 0 Å². The first-order valence-electron chi connectivity index (χ1n) is 3.18. The van der Waals surface area contributed by atoms with Gasteiger partial charge in [-0.2, -0.15) is 0 Å². The highest BCUT2D eigenvalue weighted by atomic mass is 35.5. The van der Waals surface area contributed by atoms with Gasteiger partial charge in [0.2, 0.25) is 0 Å². The van der Waals surface area contributed by atoms with Gasteiger partial charge in [-0.15, -0.1) is 0 Å². The van der Waals surface area contributed by atoms with Gasteiger partial charge >= 0.3 is 0 Å². The minimum atomic E-state index is -1.19. The van der Waals surface area contributed by atoms with E-state index in [1.807, 2.05) is 0 Å². The van der Waals surface area contributed by atoms with Crippen LogP contribution in [0.1, 0.15) is 15.9 Å². The van der Waals surface area contributed by atoms with E-state index in [4.69, 9.17) is 11.6 Å². The second-order valence-corrected chi connectivity index (χ2v) is 2.67. The molecule has 64 valence electrons. The Hall–Kier alpha value is -0.960. The molecule has 0 unspecified atom stereocenters. The van der Waals surface area contributed by atoms with E-state index >= 15 is 0 Å². The highest BCUT2D eigenvalue weighted by Crippen LogP contribution is 2.17. The third-order valence-electron chi connectivity index (χ3n) is 1.50. The SMILES string of the molecule is Cc1ccc(F)c(F)c1C(=O)Cl. The molecule has 0 fully saturated rings. The summed E-state index contributed by atoms with van der Waals surface area (Å²) < 4.78 is 25.4. The van der Waals surface area contributed by atoms with Crippen LogP contribution in [0.15, 0.2) is 12.1 Å². The van der Waals surface area contributed by atoms with Crippen LogP contribution in [-0.4, -0.2) is 5.24 Å². The van der Waals surface area contributed by atoms with Gasteiger partial charge in [0, 0.05) is 0 Å². The number of halogens is 3. The lowest BCUT2D eigenvalue weighted by molar-refractivity contribution is 0.107. The van der Waals surface area contributed by atoms with Gasteiger partial charge in [0.15, 0.2) is 11.6 Å². The fourth-order valence-electron chi connectivity index (χ4n) is 0.888. The molecule has 0 heterocycles. The maximum atomic E-state index is 12.8. The molecule has 0 amide bonds. The number of hydrogen-bond donors (Lipinski definition) is 0. The molecule has 0 N–H and O–H groups in total. The zero-order valence-corrected chi connectivity index (χ0v) is 6.95. The molecule has 0 saturated heterocycles. The van der Waals surface area contributed by atoms with Crippen LogP contribution in [0.2, 0.25) is 0 Å². The molecule has 0 aliphatic rings. The molecule has 1 rings (SSSR count). The minimum Gasteiger partial charge on any atom is -0.275 e. The molecule has 1 nitrogen and oxygen atoms in total. The lowest BCUT2D eigenvalue weighted by atomic mass is 10.1. The van der Waals surface area contributed by atoms with Crippen LogP contribution in [0.4, 0.5) is 8.78 Å². The lowest BCUT2D eigenvalue weighted by Crippen LogP contribution is -2.00. The standard InChI is InChI=1S/C8H5ClF2O/c1-4-2-3-5(10)7(11)6(4)8(9)12/h2-3H,1H3. The number of carbonyl (C=O) groups excluding carboxylic acids is 1. The summed E-state index contributed by atoms with van der Waals surface area (Å²) >= 11 is 5.04. The van der Waals surface area contributed by atoms with E-state index in [-0.39, 0.29) is 0 Å². The van der Waals surface area contributed by atoms with Gasteiger partial charge in [-0.1, -0.05) is 6.07 Å². The average Bonchev–Trinajstić information content (AvgIpc) is 1.97. The average molecular weight is 191 g/mol. The Morgan fingerprint density at radius 1 is 1.42 bits per heavy atom. The van der Waals surface area contributed by atoms with Crippen LogP contribution in [0, 0.1) is 18.6 Å². The Kier molecular flexibility index (Phi) is 2.43. The van der Waals surface area contributed by atoms with Crippen molar-refractivity contribution in [2.75, 3.05) is 0 Å². The van der Waals surface area contributed by atoms with Crippen LogP contribution < -0.4 is 0 Å². The first-order chi connectivity index (χ1) is 5.54. The van der Waals surface area contributed by atoms with Crippen LogP contribution in [0.5, 0.6) is 0 Å². The molecule has 0 aliphatic heterocycles. The summed E-state index contributed by atoms with van der Waals surface area (Å²) in [5, 5.41) is -0.982. The maximum Gasteiger partial charge on any atom is 0.255 e. The summed E-state index contributed by atoms with van der Waals surface area (Å²) in [6.45, 7) is 1.48. The fourth-order valence-corrected chi connectivity index (χ4v) is 1.12. The predicted molar refractivity (Wildman–Crippen MR) is 41.3 cm³/mol. The minimum absolute atomic E-state index is 0.328. The smallest absolute Gasteiger partial charge is 0.255 e. The molecule has 1 aromatic carbocycles. The number of benzene rings is 1. The molecule has 0 aromatic heterocycles. The molecule has 0 bridgehead atoms. The third-order valence-corrected chi connectivity index (χ3v) is 1.69. The molecule has 0 aliphatic carbocycles. The van der Waals surface area contributed by atoms with Gasteiger partial charge in [0.25, 0.3) is 5.24 Å². The summed E-state index contributed by atoms with van der Waals surface area (Å²) in [6.07, 6.45) is 0. The van der Waals surface area contributed by atoms with Crippen LogP contribution >= 0.6 is 11.6 Å². The Morgan fingerprint density at radius 2 is 2.00 bits per heavy atom. The molecule has 12 heavy (non-hydrogen) atoms. The Balaban J connectivity index is 3.43. The van der Waals surface area contributed by atoms with Gasteiger partial charge in [0.1, 0.15) is 0 Å². The summed E-state index contributed by atoms with van der Waals surface area (Å²) in [5.74, 6) is -2.25. The van der Waals surface area contributed by atoms with E-state index in [1.165, 1.54) is 13.0 Å². The maximum absolute atomic E-state index is 12.8. The predicted octanol–water partition coefficient (Wildman–Crippen LogP) is 2.65. The topological polar surface area (TPSA) is 17.1 Å². The van der Waals surface area contributed by atoms with Crippen molar-refractivity contribution in [2.24, 2.45) is 0 Å². The second-order valence-electron chi connectivity index (χ2n) is 2.33.